The van der Waals surface area contributed by atoms with E-state index in [9.17, 15) is 9.59 Å². The Morgan fingerprint density at radius 1 is 0.902 bits per heavy atom. The van der Waals surface area contributed by atoms with E-state index >= 15 is 0 Å². The van der Waals surface area contributed by atoms with Crippen LogP contribution in [0.2, 0.25) is 0 Å². The number of rotatable bonds is 5. The summed E-state index contributed by atoms with van der Waals surface area (Å²) >= 11 is 0. The Bertz CT molecular complexity index is 1730. The lowest BCUT2D eigenvalue weighted by Gasteiger charge is -2.59. The summed E-state index contributed by atoms with van der Waals surface area (Å²) in [7, 11) is 3.07. The van der Waals surface area contributed by atoms with Gasteiger partial charge in [-0.15, -0.1) is 0 Å². The lowest BCUT2D eigenvalue weighted by molar-refractivity contribution is -0.161. The van der Waals surface area contributed by atoms with Gasteiger partial charge in [-0.2, -0.15) is 0 Å². The standard InChI is InChI=1S/C36H33NO4/c1-23(27-12-7-9-15-31(27)40-2)33(38)37-21-32-35(26-17-16-24-10-4-5-11-25(24)20-26)19-18-30(28-13-6-8-14-29(28)35)36(32,22-37)34(39)41-3/h4-17,20,30,32H,1,18-19,21-22H2,2-3H3. The highest BCUT2D eigenvalue weighted by Gasteiger charge is 2.71. The third kappa shape index (κ3) is 3.41. The maximum atomic E-state index is 14.2. The average Bonchev–Trinajstić information content (AvgIpc) is 3.47. The fourth-order valence-corrected chi connectivity index (χ4v) is 8.45. The van der Waals surface area contributed by atoms with Crippen LogP contribution in [-0.4, -0.2) is 44.1 Å². The van der Waals surface area contributed by atoms with Crippen molar-refractivity contribution in [2.45, 2.75) is 24.2 Å². The van der Waals surface area contributed by atoms with Crippen molar-refractivity contribution in [3.8, 4) is 5.75 Å². The quantitative estimate of drug-likeness (QED) is 0.217. The Labute approximate surface area is 240 Å². The Morgan fingerprint density at radius 3 is 2.44 bits per heavy atom. The molecule has 1 saturated heterocycles. The minimum absolute atomic E-state index is 0.0317. The minimum Gasteiger partial charge on any atom is -0.496 e. The van der Waals surface area contributed by atoms with E-state index in [1.54, 1.807) is 7.11 Å². The molecule has 0 N–H and O–H groups in total. The first-order valence-corrected chi connectivity index (χ1v) is 14.2. The second kappa shape index (κ2) is 9.34. The zero-order valence-corrected chi connectivity index (χ0v) is 23.4. The third-order valence-corrected chi connectivity index (χ3v) is 10.1. The Kier molecular flexibility index (Phi) is 5.82. The second-order valence-electron chi connectivity index (χ2n) is 11.7. The number of para-hydroxylation sites is 1. The molecule has 1 heterocycles. The van der Waals surface area contributed by atoms with Crippen molar-refractivity contribution < 1.29 is 19.1 Å². The molecule has 8 rings (SSSR count). The highest BCUT2D eigenvalue weighted by molar-refractivity contribution is 6.19. The highest BCUT2D eigenvalue weighted by Crippen LogP contribution is 2.69. The third-order valence-electron chi connectivity index (χ3n) is 10.1. The molecular weight excluding hydrogens is 510 g/mol. The van der Waals surface area contributed by atoms with E-state index in [2.05, 4.69) is 73.3 Å². The monoisotopic (exact) mass is 543 g/mol. The Hall–Kier alpha value is -4.38. The number of likely N-dealkylation sites (tertiary alicyclic amines) is 1. The molecular formula is C36H33NO4. The maximum absolute atomic E-state index is 14.2. The fraction of sp³-hybridized carbons (Fsp3) is 0.278. The molecule has 206 valence electrons. The van der Waals surface area contributed by atoms with E-state index in [1.807, 2.05) is 29.2 Å². The normalized spacial score (nSPS) is 25.9. The van der Waals surface area contributed by atoms with Crippen LogP contribution in [0.1, 0.15) is 41.0 Å². The van der Waals surface area contributed by atoms with Crippen molar-refractivity contribution in [3.05, 3.63) is 120 Å². The number of ether oxygens (including phenoxy) is 2. The molecule has 0 spiro atoms. The molecule has 5 heteroatoms. The van der Waals surface area contributed by atoms with Crippen molar-refractivity contribution in [1.82, 2.24) is 4.90 Å². The molecule has 1 aliphatic heterocycles. The molecule has 41 heavy (non-hydrogen) atoms. The molecule has 1 amide bonds. The number of amides is 1. The van der Waals surface area contributed by atoms with Crippen molar-refractivity contribution in [3.63, 3.8) is 0 Å². The summed E-state index contributed by atoms with van der Waals surface area (Å²) in [4.78, 5) is 30.1. The van der Waals surface area contributed by atoms with Crippen LogP contribution in [0, 0.1) is 11.3 Å². The first-order valence-electron chi connectivity index (χ1n) is 14.2. The van der Waals surface area contributed by atoms with Gasteiger partial charge in [0.05, 0.1) is 19.6 Å². The van der Waals surface area contributed by atoms with Gasteiger partial charge in [-0.25, -0.2) is 0 Å². The van der Waals surface area contributed by atoms with E-state index in [0.29, 0.717) is 30.0 Å². The van der Waals surface area contributed by atoms with Crippen molar-refractivity contribution >= 4 is 28.2 Å². The van der Waals surface area contributed by atoms with Crippen molar-refractivity contribution in [1.29, 1.82) is 0 Å². The van der Waals surface area contributed by atoms with Crippen LogP contribution in [0.5, 0.6) is 5.75 Å². The predicted octanol–water partition coefficient (Wildman–Crippen LogP) is 6.36. The van der Waals surface area contributed by atoms with Gasteiger partial charge in [-0.05, 0) is 46.4 Å². The molecule has 2 bridgehead atoms. The van der Waals surface area contributed by atoms with Crippen molar-refractivity contribution in [2.75, 3.05) is 27.3 Å². The molecule has 3 aliphatic carbocycles. The molecule has 5 nitrogen and oxygen atoms in total. The average molecular weight is 544 g/mol. The molecule has 0 radical (unpaired) electrons. The summed E-state index contributed by atoms with van der Waals surface area (Å²) in [6.07, 6.45) is 1.76. The number of hydrogen-bond acceptors (Lipinski definition) is 4. The first kappa shape index (κ1) is 25.6. The van der Waals surface area contributed by atoms with Crippen molar-refractivity contribution in [2.24, 2.45) is 11.3 Å². The summed E-state index contributed by atoms with van der Waals surface area (Å²) in [5, 5.41) is 2.35. The molecule has 4 aromatic carbocycles. The minimum atomic E-state index is -0.857. The number of fused-ring (bicyclic) bond motifs is 2. The Morgan fingerprint density at radius 2 is 1.63 bits per heavy atom. The van der Waals surface area contributed by atoms with Gasteiger partial charge in [0, 0.05) is 41.5 Å². The molecule has 4 aliphatic rings. The SMILES string of the molecule is C=C(C(=O)N1CC2C3(c4ccc5ccccc5c4)CCC(c4ccccc43)C2(C(=O)OC)C1)c1ccccc1OC. The number of carbonyl (C=O) groups excluding carboxylic acids is 2. The van der Waals surface area contributed by atoms with Gasteiger partial charge in [0.25, 0.3) is 5.91 Å². The fourth-order valence-electron chi connectivity index (χ4n) is 8.45. The molecule has 1 saturated carbocycles. The zero-order valence-electron chi connectivity index (χ0n) is 23.4. The van der Waals surface area contributed by atoms with Crippen LogP contribution >= 0.6 is 0 Å². The topological polar surface area (TPSA) is 55.8 Å². The summed E-state index contributed by atoms with van der Waals surface area (Å²) in [6.45, 7) is 4.94. The maximum Gasteiger partial charge on any atom is 0.314 e. The predicted molar refractivity (Wildman–Crippen MR) is 160 cm³/mol. The summed E-state index contributed by atoms with van der Waals surface area (Å²) < 4.78 is 11.1. The first-order chi connectivity index (χ1) is 20.0. The van der Waals surface area contributed by atoms with Gasteiger partial charge in [-0.3, -0.25) is 9.59 Å². The van der Waals surface area contributed by atoms with Gasteiger partial charge in [0.15, 0.2) is 0 Å². The lowest BCUT2D eigenvalue weighted by atomic mass is 9.42. The number of benzene rings is 4. The largest absolute Gasteiger partial charge is 0.496 e. The molecule has 2 fully saturated rings. The smallest absolute Gasteiger partial charge is 0.314 e. The van der Waals surface area contributed by atoms with Gasteiger partial charge < -0.3 is 14.4 Å². The number of hydrogen-bond donors (Lipinski definition) is 0. The summed E-state index contributed by atoms with van der Waals surface area (Å²) in [5.41, 5.74) is 3.40. The van der Waals surface area contributed by atoms with E-state index in [1.165, 1.54) is 34.6 Å². The van der Waals surface area contributed by atoms with E-state index in [4.69, 9.17) is 9.47 Å². The zero-order chi connectivity index (χ0) is 28.4. The second-order valence-corrected chi connectivity index (χ2v) is 11.7. The summed E-state index contributed by atoms with van der Waals surface area (Å²) in [5.74, 6) is 0.0158. The van der Waals surface area contributed by atoms with E-state index in [-0.39, 0.29) is 23.7 Å². The van der Waals surface area contributed by atoms with Gasteiger partial charge in [0.2, 0.25) is 0 Å². The van der Waals surface area contributed by atoms with Crippen LogP contribution in [0.4, 0.5) is 0 Å². The number of methoxy groups -OCH3 is 2. The van der Waals surface area contributed by atoms with E-state index < -0.39 is 10.8 Å². The number of carbonyl (C=O) groups is 2. The Balaban J connectivity index is 1.40. The van der Waals surface area contributed by atoms with Gasteiger partial charge in [-0.1, -0.05) is 91.5 Å². The van der Waals surface area contributed by atoms with Crippen LogP contribution < -0.4 is 4.74 Å². The van der Waals surface area contributed by atoms with Gasteiger partial charge in [0.1, 0.15) is 5.75 Å². The molecule has 4 atom stereocenters. The summed E-state index contributed by atoms with van der Waals surface area (Å²) in [6, 6.07) is 31.1. The number of nitrogens with zero attached hydrogens (tertiary/aromatic N) is 1. The van der Waals surface area contributed by atoms with Crippen LogP contribution in [-0.2, 0) is 19.7 Å². The van der Waals surface area contributed by atoms with Gasteiger partial charge >= 0.3 is 5.97 Å². The molecule has 4 aromatic rings. The molecule has 0 aromatic heterocycles. The van der Waals surface area contributed by atoms with Crippen LogP contribution in [0.3, 0.4) is 0 Å². The van der Waals surface area contributed by atoms with Crippen LogP contribution in [0.15, 0.2) is 97.6 Å². The highest BCUT2D eigenvalue weighted by atomic mass is 16.5. The molecule has 4 unspecified atom stereocenters. The van der Waals surface area contributed by atoms with Crippen LogP contribution in [0.25, 0.3) is 16.3 Å². The number of esters is 1. The van der Waals surface area contributed by atoms with E-state index in [0.717, 1.165) is 12.8 Å². The lowest BCUT2D eigenvalue weighted by Crippen LogP contribution is -2.60.